The van der Waals surface area contributed by atoms with Gasteiger partial charge in [0, 0.05) is 13.1 Å². The molecule has 0 aliphatic carbocycles. The standard InChI is InChI=1S/C12H21NO4/c1-3-17-12(16)10-5-4-6-13(8-10)7-9(2)11(14)15/h9-10H,3-8H2,1-2H3,(H,14,15)/t9?,10-/m1/s1. The lowest BCUT2D eigenvalue weighted by Crippen LogP contribution is -2.42. The van der Waals surface area contributed by atoms with E-state index < -0.39 is 11.9 Å². The SMILES string of the molecule is CCOC(=O)[C@@H]1CCCN(CC(C)C(=O)O)C1. The third-order valence-electron chi connectivity index (χ3n) is 3.08. The van der Waals surface area contributed by atoms with Crippen molar-refractivity contribution in [1.29, 1.82) is 0 Å². The molecular weight excluding hydrogens is 222 g/mol. The average Bonchev–Trinajstić information content (AvgIpc) is 2.29. The molecule has 0 aromatic heterocycles. The Morgan fingerprint density at radius 3 is 2.82 bits per heavy atom. The van der Waals surface area contributed by atoms with Gasteiger partial charge in [-0.25, -0.2) is 0 Å². The molecule has 1 rings (SSSR count). The summed E-state index contributed by atoms with van der Waals surface area (Å²) in [7, 11) is 0. The van der Waals surface area contributed by atoms with Crippen LogP contribution in [0.3, 0.4) is 0 Å². The summed E-state index contributed by atoms with van der Waals surface area (Å²) in [4.78, 5) is 24.4. The number of aliphatic carboxylic acids is 1. The Labute approximate surface area is 102 Å². The molecule has 98 valence electrons. The number of hydrogen-bond donors (Lipinski definition) is 1. The van der Waals surface area contributed by atoms with Crippen molar-refractivity contribution in [3.05, 3.63) is 0 Å². The topological polar surface area (TPSA) is 66.8 Å². The zero-order chi connectivity index (χ0) is 12.8. The molecule has 1 aliphatic heterocycles. The molecule has 1 saturated heterocycles. The molecule has 0 aromatic carbocycles. The maximum atomic E-state index is 11.6. The van der Waals surface area contributed by atoms with Gasteiger partial charge in [0.15, 0.2) is 0 Å². The Balaban J connectivity index is 2.43. The first-order valence-electron chi connectivity index (χ1n) is 6.16. The molecule has 1 N–H and O–H groups in total. The molecule has 5 heteroatoms. The van der Waals surface area contributed by atoms with Gasteiger partial charge in [-0.15, -0.1) is 0 Å². The van der Waals surface area contributed by atoms with Gasteiger partial charge >= 0.3 is 11.9 Å². The number of carbonyl (C=O) groups excluding carboxylic acids is 1. The normalized spacial score (nSPS) is 23.1. The van der Waals surface area contributed by atoms with Gasteiger partial charge in [0.1, 0.15) is 0 Å². The summed E-state index contributed by atoms with van der Waals surface area (Å²) in [6.07, 6.45) is 1.77. The highest BCUT2D eigenvalue weighted by molar-refractivity contribution is 5.73. The van der Waals surface area contributed by atoms with Crippen molar-refractivity contribution >= 4 is 11.9 Å². The molecule has 0 amide bonds. The number of likely N-dealkylation sites (tertiary alicyclic amines) is 1. The van der Waals surface area contributed by atoms with Crippen molar-refractivity contribution in [1.82, 2.24) is 4.90 Å². The molecule has 0 bridgehead atoms. The molecule has 1 fully saturated rings. The number of carboxylic acids is 1. The van der Waals surface area contributed by atoms with E-state index in [1.165, 1.54) is 0 Å². The summed E-state index contributed by atoms with van der Waals surface area (Å²) in [5, 5.41) is 8.85. The smallest absolute Gasteiger partial charge is 0.310 e. The van der Waals surface area contributed by atoms with Gasteiger partial charge in [-0.3, -0.25) is 9.59 Å². The lowest BCUT2D eigenvalue weighted by molar-refractivity contribution is -0.150. The second-order valence-electron chi connectivity index (χ2n) is 4.59. The summed E-state index contributed by atoms with van der Waals surface area (Å²) in [5.74, 6) is -1.43. The highest BCUT2D eigenvalue weighted by Crippen LogP contribution is 2.18. The molecule has 0 aromatic rings. The largest absolute Gasteiger partial charge is 0.481 e. The maximum Gasteiger partial charge on any atom is 0.310 e. The molecule has 0 radical (unpaired) electrons. The van der Waals surface area contributed by atoms with E-state index in [4.69, 9.17) is 9.84 Å². The fourth-order valence-corrected chi connectivity index (χ4v) is 2.14. The van der Waals surface area contributed by atoms with Crippen LogP contribution in [-0.4, -0.2) is 48.2 Å². The van der Waals surface area contributed by atoms with E-state index in [2.05, 4.69) is 0 Å². The number of nitrogens with zero attached hydrogens (tertiary/aromatic N) is 1. The van der Waals surface area contributed by atoms with Crippen LogP contribution in [-0.2, 0) is 14.3 Å². The first kappa shape index (κ1) is 14.0. The minimum Gasteiger partial charge on any atom is -0.481 e. The van der Waals surface area contributed by atoms with Crippen molar-refractivity contribution in [2.75, 3.05) is 26.2 Å². The highest BCUT2D eigenvalue weighted by Gasteiger charge is 2.28. The Kier molecular flexibility index (Phi) is 5.41. The van der Waals surface area contributed by atoms with Crippen molar-refractivity contribution in [3.8, 4) is 0 Å². The van der Waals surface area contributed by atoms with Crippen LogP contribution in [0.25, 0.3) is 0 Å². The van der Waals surface area contributed by atoms with E-state index in [0.717, 1.165) is 19.4 Å². The molecular formula is C12H21NO4. The van der Waals surface area contributed by atoms with Crippen LogP contribution in [0.2, 0.25) is 0 Å². The fraction of sp³-hybridized carbons (Fsp3) is 0.833. The zero-order valence-electron chi connectivity index (χ0n) is 10.5. The Bertz CT molecular complexity index is 280. The molecule has 1 aliphatic rings. The van der Waals surface area contributed by atoms with Gasteiger partial charge in [0.25, 0.3) is 0 Å². The minimum atomic E-state index is -0.789. The molecule has 1 unspecified atom stereocenters. The van der Waals surface area contributed by atoms with E-state index >= 15 is 0 Å². The lowest BCUT2D eigenvalue weighted by atomic mass is 9.97. The molecule has 5 nitrogen and oxygen atoms in total. The summed E-state index contributed by atoms with van der Waals surface area (Å²) in [6, 6.07) is 0. The first-order valence-corrected chi connectivity index (χ1v) is 6.16. The number of hydrogen-bond acceptors (Lipinski definition) is 4. The van der Waals surface area contributed by atoms with Gasteiger partial charge in [-0.2, -0.15) is 0 Å². The van der Waals surface area contributed by atoms with Gasteiger partial charge in [0.2, 0.25) is 0 Å². The number of rotatable bonds is 5. The average molecular weight is 243 g/mol. The number of carboxylic acid groups (broad SMARTS) is 1. The van der Waals surface area contributed by atoms with Crippen LogP contribution >= 0.6 is 0 Å². The van der Waals surface area contributed by atoms with E-state index in [9.17, 15) is 9.59 Å². The number of carbonyl (C=O) groups is 2. The van der Waals surface area contributed by atoms with Crippen LogP contribution in [0.5, 0.6) is 0 Å². The summed E-state index contributed by atoms with van der Waals surface area (Å²) in [6.45, 7) is 5.89. The third-order valence-corrected chi connectivity index (χ3v) is 3.08. The molecule has 1 heterocycles. The minimum absolute atomic E-state index is 0.0929. The van der Waals surface area contributed by atoms with Crippen LogP contribution < -0.4 is 0 Å². The summed E-state index contributed by atoms with van der Waals surface area (Å²) < 4.78 is 5.00. The third kappa shape index (κ3) is 4.34. The van der Waals surface area contributed by atoms with Crippen molar-refractivity contribution in [3.63, 3.8) is 0 Å². The van der Waals surface area contributed by atoms with Crippen molar-refractivity contribution in [2.24, 2.45) is 11.8 Å². The monoisotopic (exact) mass is 243 g/mol. The second-order valence-corrected chi connectivity index (χ2v) is 4.59. The van der Waals surface area contributed by atoms with Crippen molar-refractivity contribution < 1.29 is 19.4 Å². The number of ether oxygens (including phenoxy) is 1. The fourth-order valence-electron chi connectivity index (χ4n) is 2.14. The van der Waals surface area contributed by atoms with Crippen LogP contribution in [0.15, 0.2) is 0 Å². The summed E-state index contributed by atoms with van der Waals surface area (Å²) in [5.41, 5.74) is 0. The van der Waals surface area contributed by atoms with Crippen LogP contribution in [0, 0.1) is 11.8 Å². The highest BCUT2D eigenvalue weighted by atomic mass is 16.5. The van der Waals surface area contributed by atoms with Gasteiger partial charge in [-0.1, -0.05) is 6.92 Å². The van der Waals surface area contributed by atoms with Crippen LogP contribution in [0.1, 0.15) is 26.7 Å². The predicted octanol–water partition coefficient (Wildman–Crippen LogP) is 0.982. The van der Waals surface area contributed by atoms with Gasteiger partial charge < -0.3 is 14.7 Å². The lowest BCUT2D eigenvalue weighted by Gasteiger charge is -2.32. The second kappa shape index (κ2) is 6.59. The first-order chi connectivity index (χ1) is 8.04. The van der Waals surface area contributed by atoms with E-state index in [1.54, 1.807) is 13.8 Å². The zero-order valence-corrected chi connectivity index (χ0v) is 10.5. The van der Waals surface area contributed by atoms with E-state index in [-0.39, 0.29) is 11.9 Å². The molecule has 2 atom stereocenters. The molecule has 0 saturated carbocycles. The number of piperidine rings is 1. The van der Waals surface area contributed by atoms with Crippen LogP contribution in [0.4, 0.5) is 0 Å². The van der Waals surface area contributed by atoms with Gasteiger partial charge in [-0.05, 0) is 26.3 Å². The summed E-state index contributed by atoms with van der Waals surface area (Å²) >= 11 is 0. The van der Waals surface area contributed by atoms with Crippen molar-refractivity contribution in [2.45, 2.75) is 26.7 Å². The molecule has 0 spiro atoms. The Hall–Kier alpha value is -1.10. The number of esters is 1. The Morgan fingerprint density at radius 2 is 2.24 bits per heavy atom. The maximum absolute atomic E-state index is 11.6. The van der Waals surface area contributed by atoms with E-state index in [0.29, 0.717) is 19.7 Å². The van der Waals surface area contributed by atoms with Gasteiger partial charge in [0.05, 0.1) is 18.4 Å². The van der Waals surface area contributed by atoms with E-state index in [1.807, 2.05) is 4.90 Å². The molecule has 17 heavy (non-hydrogen) atoms. The predicted molar refractivity (Wildman–Crippen MR) is 62.6 cm³/mol. The Morgan fingerprint density at radius 1 is 1.53 bits per heavy atom. The quantitative estimate of drug-likeness (QED) is 0.729.